The Balaban J connectivity index is 1.42. The summed E-state index contributed by atoms with van der Waals surface area (Å²) in [6.07, 6.45) is 2.04. The maximum atomic E-state index is 12.6. The minimum Gasteiger partial charge on any atom is -0.448 e. The fraction of sp³-hybridized carbons (Fsp3) is 0.261. The van der Waals surface area contributed by atoms with Gasteiger partial charge in [0.2, 0.25) is 0 Å². The monoisotopic (exact) mass is 374 g/mol. The van der Waals surface area contributed by atoms with Crippen LogP contribution in [-0.2, 0) is 16.0 Å². The van der Waals surface area contributed by atoms with E-state index in [-0.39, 0.29) is 17.6 Å². The summed E-state index contributed by atoms with van der Waals surface area (Å²) in [7, 11) is 0. The van der Waals surface area contributed by atoms with Crippen molar-refractivity contribution in [2.75, 3.05) is 0 Å². The third-order valence-corrected chi connectivity index (χ3v) is 5.15. The molecule has 1 N–H and O–H groups in total. The molecule has 28 heavy (non-hydrogen) atoms. The normalized spacial score (nSPS) is 16.8. The van der Waals surface area contributed by atoms with Gasteiger partial charge in [-0.1, -0.05) is 48.5 Å². The molecule has 0 fully saturated rings. The van der Waals surface area contributed by atoms with Gasteiger partial charge < -0.3 is 10.1 Å². The number of carbonyl (C=O) groups excluding carboxylic acids is 2. The highest BCUT2D eigenvalue weighted by Gasteiger charge is 2.25. The number of carbonyl (C=O) groups is 2. The molecule has 1 heterocycles. The van der Waals surface area contributed by atoms with Gasteiger partial charge in [0.15, 0.2) is 6.10 Å². The number of amides is 1. The van der Waals surface area contributed by atoms with Gasteiger partial charge >= 0.3 is 5.97 Å². The lowest BCUT2D eigenvalue weighted by Crippen LogP contribution is -2.39. The number of esters is 1. The van der Waals surface area contributed by atoms with Crippen LogP contribution in [0.15, 0.2) is 60.7 Å². The number of nitrogens with zero attached hydrogens (tertiary/aromatic N) is 1. The molecule has 0 saturated heterocycles. The number of ether oxygens (including phenoxy) is 1. The van der Waals surface area contributed by atoms with Crippen molar-refractivity contribution in [3.8, 4) is 0 Å². The van der Waals surface area contributed by atoms with Gasteiger partial charge in [0, 0.05) is 5.39 Å². The van der Waals surface area contributed by atoms with Crippen molar-refractivity contribution in [3.63, 3.8) is 0 Å². The molecule has 2 atom stereocenters. The van der Waals surface area contributed by atoms with E-state index in [1.54, 1.807) is 13.0 Å². The number of aryl methyl sites for hydroxylation is 1. The van der Waals surface area contributed by atoms with E-state index in [0.29, 0.717) is 5.52 Å². The van der Waals surface area contributed by atoms with Crippen LogP contribution in [0, 0.1) is 0 Å². The summed E-state index contributed by atoms with van der Waals surface area (Å²) in [6, 6.07) is 19.1. The van der Waals surface area contributed by atoms with E-state index in [2.05, 4.69) is 22.4 Å². The van der Waals surface area contributed by atoms with E-state index in [9.17, 15) is 9.59 Å². The summed E-state index contributed by atoms with van der Waals surface area (Å²) in [4.78, 5) is 29.3. The summed E-state index contributed by atoms with van der Waals surface area (Å²) in [5.74, 6) is -0.895. The number of pyridine rings is 1. The number of rotatable bonds is 4. The SMILES string of the molecule is C[C@@H](OC(=O)c1ccc2ccccc2n1)C(=O)N[C@H]1CCCc2ccccc21. The summed E-state index contributed by atoms with van der Waals surface area (Å²) in [5, 5.41) is 3.97. The van der Waals surface area contributed by atoms with Crippen LogP contribution in [0.3, 0.4) is 0 Å². The molecular formula is C23H22N2O3. The first-order valence-corrected chi connectivity index (χ1v) is 9.57. The zero-order valence-electron chi connectivity index (χ0n) is 15.7. The van der Waals surface area contributed by atoms with Crippen LogP contribution in [-0.4, -0.2) is 23.0 Å². The number of para-hydroxylation sites is 1. The second kappa shape index (κ2) is 7.80. The van der Waals surface area contributed by atoms with Crippen LogP contribution in [0.4, 0.5) is 0 Å². The number of hydrogen-bond acceptors (Lipinski definition) is 4. The number of fused-ring (bicyclic) bond motifs is 2. The summed E-state index contributed by atoms with van der Waals surface area (Å²) >= 11 is 0. The Morgan fingerprint density at radius 2 is 1.86 bits per heavy atom. The first-order valence-electron chi connectivity index (χ1n) is 9.57. The van der Waals surface area contributed by atoms with Gasteiger partial charge in [0.1, 0.15) is 5.69 Å². The Hall–Kier alpha value is -3.21. The maximum Gasteiger partial charge on any atom is 0.357 e. The summed E-state index contributed by atoms with van der Waals surface area (Å²) in [5.41, 5.74) is 3.33. The standard InChI is InChI=1S/C23H22N2O3/c1-15(22(26)25-20-12-6-9-16-7-2-4-10-18(16)20)28-23(27)21-14-13-17-8-3-5-11-19(17)24-21/h2-5,7-8,10-11,13-15,20H,6,9,12H2,1H3,(H,25,26)/t15-,20+/m1/s1. The molecule has 0 unspecified atom stereocenters. The first-order chi connectivity index (χ1) is 13.6. The average Bonchev–Trinajstić information content (AvgIpc) is 2.73. The van der Waals surface area contributed by atoms with E-state index in [4.69, 9.17) is 4.74 Å². The predicted octanol–water partition coefficient (Wildman–Crippen LogP) is 3.97. The Kier molecular flexibility index (Phi) is 5.06. The van der Waals surface area contributed by atoms with Gasteiger partial charge in [-0.05, 0) is 49.4 Å². The Bertz CT molecular complexity index is 1030. The molecule has 1 aliphatic carbocycles. The second-order valence-electron chi connectivity index (χ2n) is 7.09. The van der Waals surface area contributed by atoms with Crippen molar-refractivity contribution < 1.29 is 14.3 Å². The molecule has 0 bridgehead atoms. The molecule has 142 valence electrons. The zero-order chi connectivity index (χ0) is 19.5. The van der Waals surface area contributed by atoms with Gasteiger partial charge in [-0.15, -0.1) is 0 Å². The van der Waals surface area contributed by atoms with E-state index < -0.39 is 12.1 Å². The van der Waals surface area contributed by atoms with Gasteiger partial charge in [-0.2, -0.15) is 0 Å². The largest absolute Gasteiger partial charge is 0.448 e. The number of nitrogens with one attached hydrogen (secondary N) is 1. The smallest absolute Gasteiger partial charge is 0.357 e. The summed E-state index contributed by atoms with van der Waals surface area (Å²) < 4.78 is 5.36. The molecule has 0 spiro atoms. The highest BCUT2D eigenvalue weighted by molar-refractivity contribution is 5.93. The quantitative estimate of drug-likeness (QED) is 0.702. The third-order valence-electron chi connectivity index (χ3n) is 5.15. The van der Waals surface area contributed by atoms with Crippen molar-refractivity contribution in [1.82, 2.24) is 10.3 Å². The number of aromatic nitrogens is 1. The topological polar surface area (TPSA) is 68.3 Å². The lowest BCUT2D eigenvalue weighted by molar-refractivity contribution is -0.130. The zero-order valence-corrected chi connectivity index (χ0v) is 15.7. The number of benzene rings is 2. The average molecular weight is 374 g/mol. The molecule has 0 aliphatic heterocycles. The fourth-order valence-electron chi connectivity index (χ4n) is 3.65. The van der Waals surface area contributed by atoms with Gasteiger partial charge in [-0.25, -0.2) is 9.78 Å². The molecule has 0 saturated carbocycles. The molecule has 4 rings (SSSR count). The molecular weight excluding hydrogens is 352 g/mol. The molecule has 5 heteroatoms. The molecule has 1 amide bonds. The van der Waals surface area contributed by atoms with Crippen molar-refractivity contribution in [2.24, 2.45) is 0 Å². The molecule has 5 nitrogen and oxygen atoms in total. The van der Waals surface area contributed by atoms with Crippen molar-refractivity contribution >= 4 is 22.8 Å². The maximum absolute atomic E-state index is 12.6. The second-order valence-corrected chi connectivity index (χ2v) is 7.09. The van der Waals surface area contributed by atoms with Gasteiger partial charge in [0.25, 0.3) is 5.91 Å². The molecule has 1 aliphatic rings. The van der Waals surface area contributed by atoms with Crippen LogP contribution < -0.4 is 5.32 Å². The van der Waals surface area contributed by atoms with Gasteiger partial charge in [-0.3, -0.25) is 4.79 Å². The predicted molar refractivity (Wildman–Crippen MR) is 107 cm³/mol. The van der Waals surface area contributed by atoms with Crippen LogP contribution in [0.5, 0.6) is 0 Å². The molecule has 3 aromatic rings. The van der Waals surface area contributed by atoms with Crippen LogP contribution >= 0.6 is 0 Å². The first kappa shape index (κ1) is 18.2. The minimum atomic E-state index is -0.894. The van der Waals surface area contributed by atoms with Crippen molar-refractivity contribution in [1.29, 1.82) is 0 Å². The van der Waals surface area contributed by atoms with Crippen molar-refractivity contribution in [2.45, 2.75) is 38.3 Å². The van der Waals surface area contributed by atoms with E-state index >= 15 is 0 Å². The van der Waals surface area contributed by atoms with Crippen LogP contribution in [0.25, 0.3) is 10.9 Å². The Morgan fingerprint density at radius 3 is 2.75 bits per heavy atom. The highest BCUT2D eigenvalue weighted by Crippen LogP contribution is 2.29. The lowest BCUT2D eigenvalue weighted by atomic mass is 9.87. The molecule has 0 radical (unpaired) electrons. The minimum absolute atomic E-state index is 0.0441. The summed E-state index contributed by atoms with van der Waals surface area (Å²) in [6.45, 7) is 1.59. The van der Waals surface area contributed by atoms with Crippen LogP contribution in [0.2, 0.25) is 0 Å². The van der Waals surface area contributed by atoms with Crippen LogP contribution in [0.1, 0.15) is 47.4 Å². The molecule has 1 aromatic heterocycles. The lowest BCUT2D eigenvalue weighted by Gasteiger charge is -2.27. The highest BCUT2D eigenvalue weighted by atomic mass is 16.5. The Labute approximate surface area is 163 Å². The fourth-order valence-corrected chi connectivity index (χ4v) is 3.65. The van der Waals surface area contributed by atoms with E-state index in [1.165, 1.54) is 5.56 Å². The molecule has 2 aromatic carbocycles. The van der Waals surface area contributed by atoms with E-state index in [1.807, 2.05) is 42.5 Å². The van der Waals surface area contributed by atoms with E-state index in [0.717, 1.165) is 30.2 Å². The Morgan fingerprint density at radius 1 is 1.07 bits per heavy atom. The van der Waals surface area contributed by atoms with Gasteiger partial charge in [0.05, 0.1) is 11.6 Å². The third kappa shape index (κ3) is 3.74. The number of hydrogen-bond donors (Lipinski definition) is 1. The van der Waals surface area contributed by atoms with Crippen molar-refractivity contribution in [3.05, 3.63) is 77.5 Å².